The molecule has 1 unspecified atom stereocenters. The second kappa shape index (κ2) is 8.75. The molecule has 2 heterocycles. The first-order valence-corrected chi connectivity index (χ1v) is 12.8. The number of carbonyl (C=O) groups excluding carboxylic acids is 2. The van der Waals surface area contributed by atoms with Crippen LogP contribution >= 0.6 is 0 Å². The summed E-state index contributed by atoms with van der Waals surface area (Å²) in [6.07, 6.45) is 6.50. The number of rotatable bonds is 5. The van der Waals surface area contributed by atoms with Crippen molar-refractivity contribution in [2.24, 2.45) is 5.92 Å². The molecule has 0 radical (unpaired) electrons. The summed E-state index contributed by atoms with van der Waals surface area (Å²) in [7, 11) is -4.31. The summed E-state index contributed by atoms with van der Waals surface area (Å²) in [4.78, 5) is 26.1. The van der Waals surface area contributed by atoms with E-state index in [1.54, 1.807) is 30.4 Å². The summed E-state index contributed by atoms with van der Waals surface area (Å²) in [5.74, 6) is -1.78. The Balaban J connectivity index is 1.66. The molecule has 3 aliphatic rings. The van der Waals surface area contributed by atoms with E-state index in [9.17, 15) is 23.1 Å². The van der Waals surface area contributed by atoms with E-state index in [1.807, 2.05) is 6.08 Å². The summed E-state index contributed by atoms with van der Waals surface area (Å²) >= 11 is 0. The molecule has 1 atom stereocenters. The Labute approximate surface area is 198 Å². The van der Waals surface area contributed by atoms with Crippen molar-refractivity contribution in [2.45, 2.75) is 64.5 Å². The van der Waals surface area contributed by atoms with Gasteiger partial charge in [-0.25, -0.2) is 18.2 Å². The Kier molecular flexibility index (Phi) is 6.26. The maximum atomic E-state index is 15.6. The molecule has 0 aromatic heterocycles. The number of anilines is 1. The molecule has 9 nitrogen and oxygen atoms in total. The highest BCUT2D eigenvalue weighted by Gasteiger charge is 2.39. The van der Waals surface area contributed by atoms with Crippen LogP contribution in [0, 0.1) is 11.7 Å². The summed E-state index contributed by atoms with van der Waals surface area (Å²) in [6, 6.07) is 2.24. The number of benzene rings is 1. The van der Waals surface area contributed by atoms with Gasteiger partial charge in [0.25, 0.3) is 5.91 Å². The predicted octanol–water partition coefficient (Wildman–Crippen LogP) is 3.30. The van der Waals surface area contributed by atoms with Crippen molar-refractivity contribution < 1.29 is 32.2 Å². The minimum atomic E-state index is -4.31. The van der Waals surface area contributed by atoms with E-state index >= 15 is 4.39 Å². The quantitative estimate of drug-likeness (QED) is 0.648. The lowest BCUT2D eigenvalue weighted by molar-refractivity contribution is -0.117. The van der Waals surface area contributed by atoms with E-state index in [0.717, 1.165) is 6.42 Å². The molecule has 1 aromatic rings. The van der Waals surface area contributed by atoms with Gasteiger partial charge >= 0.3 is 16.3 Å². The Morgan fingerprint density at radius 2 is 1.94 bits per heavy atom. The van der Waals surface area contributed by atoms with E-state index < -0.39 is 51.6 Å². The highest BCUT2D eigenvalue weighted by molar-refractivity contribution is 7.92. The molecule has 4 rings (SSSR count). The van der Waals surface area contributed by atoms with Gasteiger partial charge in [-0.15, -0.1) is 0 Å². The number of carbonyl (C=O) groups is 2. The lowest BCUT2D eigenvalue weighted by Crippen LogP contribution is -2.40. The van der Waals surface area contributed by atoms with Crippen LogP contribution in [-0.4, -0.2) is 55.2 Å². The van der Waals surface area contributed by atoms with Crippen molar-refractivity contribution in [1.82, 2.24) is 9.62 Å². The average molecular weight is 496 g/mol. The van der Waals surface area contributed by atoms with Crippen LogP contribution in [-0.2, 0) is 19.7 Å². The maximum absolute atomic E-state index is 15.6. The van der Waals surface area contributed by atoms with Crippen molar-refractivity contribution in [1.29, 1.82) is 0 Å². The number of aromatic hydroxyl groups is 1. The van der Waals surface area contributed by atoms with Crippen molar-refractivity contribution in [2.75, 3.05) is 17.4 Å². The first-order chi connectivity index (χ1) is 15.9. The van der Waals surface area contributed by atoms with Gasteiger partial charge in [0, 0.05) is 5.56 Å². The Morgan fingerprint density at radius 1 is 1.24 bits per heavy atom. The molecule has 0 bridgehead atoms. The zero-order valence-corrected chi connectivity index (χ0v) is 20.3. The van der Waals surface area contributed by atoms with Gasteiger partial charge in [-0.05, 0) is 57.2 Å². The van der Waals surface area contributed by atoms with E-state index in [2.05, 4.69) is 0 Å². The zero-order chi connectivity index (χ0) is 24.8. The van der Waals surface area contributed by atoms with Crippen molar-refractivity contribution >= 4 is 33.5 Å². The molecule has 34 heavy (non-hydrogen) atoms. The topological polar surface area (TPSA) is 116 Å². The monoisotopic (exact) mass is 495 g/mol. The van der Waals surface area contributed by atoms with Crippen molar-refractivity contribution in [3.8, 4) is 5.75 Å². The van der Waals surface area contributed by atoms with E-state index in [-0.39, 0.29) is 18.2 Å². The minimum absolute atomic E-state index is 0.0575. The fourth-order valence-corrected chi connectivity index (χ4v) is 5.65. The summed E-state index contributed by atoms with van der Waals surface area (Å²) in [5.41, 5.74) is -0.751. The molecule has 186 valence electrons. The van der Waals surface area contributed by atoms with Gasteiger partial charge in [0.15, 0.2) is 5.82 Å². The summed E-state index contributed by atoms with van der Waals surface area (Å²) < 4.78 is 48.0. The number of hydrogen-bond donors (Lipinski definition) is 2. The molecule has 1 saturated carbocycles. The summed E-state index contributed by atoms with van der Waals surface area (Å²) in [5, 5.41) is 10.2. The first-order valence-electron chi connectivity index (χ1n) is 11.4. The van der Waals surface area contributed by atoms with Crippen LogP contribution in [0.4, 0.5) is 14.9 Å². The van der Waals surface area contributed by atoms with Crippen LogP contribution in [0.5, 0.6) is 5.75 Å². The van der Waals surface area contributed by atoms with Gasteiger partial charge in [0.05, 0.1) is 12.6 Å². The Morgan fingerprint density at radius 3 is 2.50 bits per heavy atom. The molecule has 2 N–H and O–H groups in total. The zero-order valence-electron chi connectivity index (χ0n) is 19.5. The van der Waals surface area contributed by atoms with Crippen molar-refractivity contribution in [3.05, 3.63) is 29.6 Å². The van der Waals surface area contributed by atoms with E-state index in [4.69, 9.17) is 4.74 Å². The first kappa shape index (κ1) is 24.3. The number of phenolic OH excluding ortho intramolecular Hbond substituents is 1. The molecule has 0 spiro atoms. The third-order valence-corrected chi connectivity index (χ3v) is 7.75. The van der Waals surface area contributed by atoms with Gasteiger partial charge in [-0.2, -0.15) is 8.42 Å². The molecule has 2 amide bonds. The lowest BCUT2D eigenvalue weighted by atomic mass is 9.81. The number of amides is 2. The SMILES string of the molecule is CC(C)(C)OC(=O)N1CC(c2ccc(O)c(N3CC(=O)NS3(=O)=O)c2F)=CC1CCC1CCC1. The maximum Gasteiger partial charge on any atom is 0.411 e. The van der Waals surface area contributed by atoms with Gasteiger partial charge in [0.2, 0.25) is 0 Å². The average Bonchev–Trinajstić information content (AvgIpc) is 3.19. The highest BCUT2D eigenvalue weighted by Crippen LogP contribution is 2.40. The van der Waals surface area contributed by atoms with Crippen LogP contribution in [0.3, 0.4) is 0 Å². The van der Waals surface area contributed by atoms with Crippen LogP contribution < -0.4 is 9.03 Å². The predicted molar refractivity (Wildman–Crippen MR) is 124 cm³/mol. The Bertz CT molecular complexity index is 1140. The van der Waals surface area contributed by atoms with Gasteiger partial charge < -0.3 is 9.84 Å². The lowest BCUT2D eigenvalue weighted by Gasteiger charge is -2.31. The number of nitrogens with one attached hydrogen (secondary N) is 1. The molecule has 2 aliphatic heterocycles. The number of hydrogen-bond acceptors (Lipinski definition) is 6. The molecule has 1 aromatic carbocycles. The molecule has 1 aliphatic carbocycles. The van der Waals surface area contributed by atoms with Crippen LogP contribution in [0.25, 0.3) is 5.57 Å². The van der Waals surface area contributed by atoms with Gasteiger partial charge in [-0.1, -0.05) is 25.3 Å². The molecule has 11 heteroatoms. The molecule has 1 saturated heterocycles. The van der Waals surface area contributed by atoms with Crippen LogP contribution in [0.15, 0.2) is 18.2 Å². The normalized spacial score (nSPS) is 22.4. The largest absolute Gasteiger partial charge is 0.506 e. The molecule has 2 fully saturated rings. The smallest absolute Gasteiger partial charge is 0.411 e. The Hall–Kier alpha value is -2.82. The second-order valence-electron chi connectivity index (χ2n) is 10.1. The minimum Gasteiger partial charge on any atom is -0.506 e. The number of halogens is 1. The van der Waals surface area contributed by atoms with Gasteiger partial charge in [0.1, 0.15) is 23.6 Å². The summed E-state index contributed by atoms with van der Waals surface area (Å²) in [6.45, 7) is 4.77. The molecular formula is C23H30FN3O6S. The van der Waals surface area contributed by atoms with Crippen LogP contribution in [0.2, 0.25) is 0 Å². The standard InChI is InChI=1S/C23H30FN3O6S/c1-23(2,3)33-22(30)26-12-15(11-16(26)8-7-14-5-4-6-14)17-9-10-18(28)21(20(17)24)27-13-19(29)25-34(27,31)32/h9-11,14,16,28H,4-8,12-13H2,1-3H3,(H,25,29). The van der Waals surface area contributed by atoms with E-state index in [0.29, 0.717) is 22.2 Å². The third kappa shape index (κ3) is 4.84. The second-order valence-corrected chi connectivity index (χ2v) is 11.7. The van der Waals surface area contributed by atoms with Crippen LogP contribution in [0.1, 0.15) is 58.4 Å². The highest BCUT2D eigenvalue weighted by atomic mass is 32.2. The number of phenols is 1. The van der Waals surface area contributed by atoms with E-state index in [1.165, 1.54) is 31.4 Å². The third-order valence-electron chi connectivity index (χ3n) is 6.37. The number of nitrogens with zero attached hydrogens (tertiary/aromatic N) is 2. The molecular weight excluding hydrogens is 465 g/mol. The fraction of sp³-hybridized carbons (Fsp3) is 0.565. The number of ether oxygens (including phenoxy) is 1. The van der Waals surface area contributed by atoms with Crippen molar-refractivity contribution in [3.63, 3.8) is 0 Å². The van der Waals surface area contributed by atoms with Gasteiger partial charge in [-0.3, -0.25) is 9.69 Å². The fourth-order valence-electron chi connectivity index (χ4n) is 4.48.